The van der Waals surface area contributed by atoms with Gasteiger partial charge >= 0.3 is 0 Å². The van der Waals surface area contributed by atoms with Crippen LogP contribution in [0.3, 0.4) is 0 Å². The zero-order valence-electron chi connectivity index (χ0n) is 9.81. The van der Waals surface area contributed by atoms with Crippen molar-refractivity contribution in [3.8, 4) is 0 Å². The number of anilines is 1. The Labute approximate surface area is 120 Å². The van der Waals surface area contributed by atoms with E-state index in [1.807, 2.05) is 0 Å². The van der Waals surface area contributed by atoms with Gasteiger partial charge in [0.05, 0.1) is 0 Å². The summed E-state index contributed by atoms with van der Waals surface area (Å²) in [5.41, 5.74) is 0.927. The highest BCUT2D eigenvalue weighted by Crippen LogP contribution is 2.24. The number of rotatable bonds is 3. The van der Waals surface area contributed by atoms with Crippen LogP contribution < -0.4 is 5.32 Å². The Morgan fingerprint density at radius 1 is 1.05 bits per heavy atom. The summed E-state index contributed by atoms with van der Waals surface area (Å²) in [6, 6.07) is 13.3. The summed E-state index contributed by atoms with van der Waals surface area (Å²) in [6.07, 6.45) is -1.32. The van der Waals surface area contributed by atoms with Crippen molar-refractivity contribution in [2.24, 2.45) is 0 Å². The summed E-state index contributed by atoms with van der Waals surface area (Å²) in [6.45, 7) is 0. The van der Waals surface area contributed by atoms with Gasteiger partial charge in [0.2, 0.25) is 0 Å². The van der Waals surface area contributed by atoms with Gasteiger partial charge in [-0.1, -0.05) is 41.4 Å². The monoisotopic (exact) mass is 295 g/mol. The number of hydrogen-bond donors (Lipinski definition) is 2. The molecule has 2 N–H and O–H groups in total. The lowest BCUT2D eigenvalue weighted by atomic mass is 10.1. The number of aliphatic hydroxyl groups excluding tert-OH is 1. The molecule has 5 heteroatoms. The summed E-state index contributed by atoms with van der Waals surface area (Å²) in [5.74, 6) is -0.546. The third-order valence-corrected chi connectivity index (χ3v) is 3.16. The Kier molecular flexibility index (Phi) is 4.43. The van der Waals surface area contributed by atoms with E-state index < -0.39 is 12.0 Å². The molecule has 0 spiro atoms. The van der Waals surface area contributed by atoms with Crippen LogP contribution in [-0.2, 0) is 4.79 Å². The Hall–Kier alpha value is -1.55. The van der Waals surface area contributed by atoms with Gasteiger partial charge in [0.1, 0.15) is 0 Å². The summed E-state index contributed by atoms with van der Waals surface area (Å²) in [4.78, 5) is 11.9. The number of amides is 1. The minimum atomic E-state index is -1.32. The first kappa shape index (κ1) is 13.9. The second kappa shape index (κ2) is 6.06. The standard InChI is InChI=1S/C14H11Cl2NO2/c15-9-5-7-10(8-6-9)17-14(19)13(18)11-3-1-2-4-12(11)16/h1-8,13,18H,(H,17,19). The van der Waals surface area contributed by atoms with E-state index >= 15 is 0 Å². The Bertz CT molecular complexity index is 584. The van der Waals surface area contributed by atoms with Crippen LogP contribution in [-0.4, -0.2) is 11.0 Å². The molecule has 0 radical (unpaired) electrons. The Morgan fingerprint density at radius 2 is 1.68 bits per heavy atom. The molecule has 0 aliphatic heterocycles. The van der Waals surface area contributed by atoms with Crippen molar-refractivity contribution >= 4 is 34.8 Å². The summed E-state index contributed by atoms with van der Waals surface area (Å²) in [5, 5.41) is 13.5. The van der Waals surface area contributed by atoms with Crippen LogP contribution in [0.2, 0.25) is 10.0 Å². The predicted octanol–water partition coefficient (Wildman–Crippen LogP) is 3.67. The lowest BCUT2D eigenvalue weighted by molar-refractivity contribution is -0.124. The molecule has 2 aromatic carbocycles. The number of nitrogens with one attached hydrogen (secondary N) is 1. The number of aliphatic hydroxyl groups is 1. The average molecular weight is 296 g/mol. The van der Waals surface area contributed by atoms with E-state index in [-0.39, 0.29) is 0 Å². The van der Waals surface area contributed by atoms with Gasteiger partial charge in [0.15, 0.2) is 6.10 Å². The molecule has 2 rings (SSSR count). The maximum Gasteiger partial charge on any atom is 0.257 e. The minimum Gasteiger partial charge on any atom is -0.378 e. The van der Waals surface area contributed by atoms with Crippen LogP contribution in [0.1, 0.15) is 11.7 Å². The van der Waals surface area contributed by atoms with Crippen molar-refractivity contribution in [2.45, 2.75) is 6.10 Å². The van der Waals surface area contributed by atoms with Crippen molar-refractivity contribution < 1.29 is 9.90 Å². The fourth-order valence-electron chi connectivity index (χ4n) is 1.58. The van der Waals surface area contributed by atoms with E-state index in [1.54, 1.807) is 48.5 Å². The molecular formula is C14H11Cl2NO2. The first-order valence-electron chi connectivity index (χ1n) is 5.57. The lowest BCUT2D eigenvalue weighted by Gasteiger charge is -2.13. The van der Waals surface area contributed by atoms with E-state index in [9.17, 15) is 9.90 Å². The van der Waals surface area contributed by atoms with Crippen molar-refractivity contribution in [1.29, 1.82) is 0 Å². The predicted molar refractivity (Wildman–Crippen MR) is 76.5 cm³/mol. The fraction of sp³-hybridized carbons (Fsp3) is 0.0714. The third-order valence-electron chi connectivity index (χ3n) is 2.56. The molecular weight excluding hydrogens is 285 g/mol. The summed E-state index contributed by atoms with van der Waals surface area (Å²) >= 11 is 11.7. The van der Waals surface area contributed by atoms with Crippen LogP contribution in [0.15, 0.2) is 48.5 Å². The summed E-state index contributed by atoms with van der Waals surface area (Å²) < 4.78 is 0. The number of halogens is 2. The second-order valence-electron chi connectivity index (χ2n) is 3.92. The largest absolute Gasteiger partial charge is 0.378 e. The zero-order valence-corrected chi connectivity index (χ0v) is 11.3. The number of benzene rings is 2. The van der Waals surface area contributed by atoms with Crippen molar-refractivity contribution in [3.63, 3.8) is 0 Å². The topological polar surface area (TPSA) is 49.3 Å². The lowest BCUT2D eigenvalue weighted by Crippen LogP contribution is -2.21. The van der Waals surface area contributed by atoms with E-state index in [4.69, 9.17) is 23.2 Å². The van der Waals surface area contributed by atoms with Crippen LogP contribution in [0.25, 0.3) is 0 Å². The molecule has 1 amide bonds. The molecule has 0 aliphatic carbocycles. The van der Waals surface area contributed by atoms with E-state index in [1.165, 1.54) is 0 Å². The molecule has 1 atom stereocenters. The molecule has 19 heavy (non-hydrogen) atoms. The van der Waals surface area contributed by atoms with E-state index in [2.05, 4.69) is 5.32 Å². The second-order valence-corrected chi connectivity index (χ2v) is 4.76. The third kappa shape index (κ3) is 3.47. The highest BCUT2D eigenvalue weighted by Gasteiger charge is 2.19. The molecule has 1 unspecified atom stereocenters. The van der Waals surface area contributed by atoms with Gasteiger partial charge in [0.25, 0.3) is 5.91 Å². The van der Waals surface area contributed by atoms with Gasteiger partial charge in [-0.2, -0.15) is 0 Å². The van der Waals surface area contributed by atoms with Gasteiger partial charge in [-0.3, -0.25) is 4.79 Å². The molecule has 0 saturated carbocycles. The average Bonchev–Trinajstić information content (AvgIpc) is 2.41. The number of carbonyl (C=O) groups excluding carboxylic acids is 1. The number of hydrogen-bond acceptors (Lipinski definition) is 2. The van der Waals surface area contributed by atoms with Gasteiger partial charge in [-0.25, -0.2) is 0 Å². The number of carbonyl (C=O) groups is 1. The molecule has 2 aromatic rings. The molecule has 3 nitrogen and oxygen atoms in total. The van der Waals surface area contributed by atoms with Crippen LogP contribution in [0, 0.1) is 0 Å². The molecule has 0 aromatic heterocycles. The molecule has 98 valence electrons. The minimum absolute atomic E-state index is 0.348. The zero-order chi connectivity index (χ0) is 13.8. The van der Waals surface area contributed by atoms with Crippen LogP contribution in [0.4, 0.5) is 5.69 Å². The van der Waals surface area contributed by atoms with Crippen LogP contribution in [0.5, 0.6) is 0 Å². The van der Waals surface area contributed by atoms with Crippen molar-refractivity contribution in [3.05, 3.63) is 64.1 Å². The fourth-order valence-corrected chi connectivity index (χ4v) is 1.95. The molecule has 0 saturated heterocycles. The maximum atomic E-state index is 11.9. The van der Waals surface area contributed by atoms with Gasteiger partial charge in [-0.05, 0) is 30.3 Å². The van der Waals surface area contributed by atoms with E-state index in [0.29, 0.717) is 21.3 Å². The highest BCUT2D eigenvalue weighted by atomic mass is 35.5. The van der Waals surface area contributed by atoms with Crippen molar-refractivity contribution in [1.82, 2.24) is 0 Å². The smallest absolute Gasteiger partial charge is 0.257 e. The summed E-state index contributed by atoms with van der Waals surface area (Å²) in [7, 11) is 0. The highest BCUT2D eigenvalue weighted by molar-refractivity contribution is 6.31. The molecule has 0 heterocycles. The quantitative estimate of drug-likeness (QED) is 0.908. The molecule has 0 fully saturated rings. The van der Waals surface area contributed by atoms with E-state index in [0.717, 1.165) is 0 Å². The maximum absolute atomic E-state index is 11.9. The normalized spacial score (nSPS) is 11.9. The Morgan fingerprint density at radius 3 is 2.32 bits per heavy atom. The first-order valence-corrected chi connectivity index (χ1v) is 6.32. The molecule has 0 bridgehead atoms. The van der Waals surface area contributed by atoms with Gasteiger partial charge < -0.3 is 10.4 Å². The van der Waals surface area contributed by atoms with Crippen molar-refractivity contribution in [2.75, 3.05) is 5.32 Å². The van der Waals surface area contributed by atoms with Gasteiger partial charge in [-0.15, -0.1) is 0 Å². The van der Waals surface area contributed by atoms with Gasteiger partial charge in [0, 0.05) is 21.3 Å². The molecule has 0 aliphatic rings. The Balaban J connectivity index is 2.12. The first-order chi connectivity index (χ1) is 9.08. The SMILES string of the molecule is O=C(Nc1ccc(Cl)cc1)C(O)c1ccccc1Cl. The van der Waals surface area contributed by atoms with Crippen LogP contribution >= 0.6 is 23.2 Å².